The van der Waals surface area contributed by atoms with Crippen molar-refractivity contribution in [1.82, 2.24) is 5.32 Å². The molecule has 0 radical (unpaired) electrons. The quantitative estimate of drug-likeness (QED) is 0.649. The Balaban J connectivity index is 2.31. The second-order valence-corrected chi connectivity index (χ2v) is 3.60. The third-order valence-electron chi connectivity index (χ3n) is 2.42. The van der Waals surface area contributed by atoms with E-state index >= 15 is 0 Å². The van der Waals surface area contributed by atoms with E-state index < -0.39 is 6.10 Å². The van der Waals surface area contributed by atoms with Crippen LogP contribution in [0.25, 0.3) is 0 Å². The maximum absolute atomic E-state index is 11.1. The Morgan fingerprint density at radius 1 is 1.62 bits per heavy atom. The molecule has 0 aromatic rings. The molecule has 2 unspecified atom stereocenters. The SMILES string of the molecule is CC(NC(=O)[C@H](C)O)C1CCOC1. The molecule has 0 aromatic carbocycles. The molecule has 4 nitrogen and oxygen atoms in total. The number of carbonyl (C=O) groups excluding carboxylic acids is 1. The Morgan fingerprint density at radius 3 is 2.77 bits per heavy atom. The van der Waals surface area contributed by atoms with Crippen LogP contribution in [0.3, 0.4) is 0 Å². The van der Waals surface area contributed by atoms with Gasteiger partial charge < -0.3 is 15.2 Å². The number of aliphatic hydroxyl groups is 1. The highest BCUT2D eigenvalue weighted by atomic mass is 16.5. The van der Waals surface area contributed by atoms with Crippen LogP contribution < -0.4 is 5.32 Å². The van der Waals surface area contributed by atoms with Gasteiger partial charge in [-0.15, -0.1) is 0 Å². The lowest BCUT2D eigenvalue weighted by molar-refractivity contribution is -0.129. The molecule has 3 atom stereocenters. The third kappa shape index (κ3) is 2.97. The van der Waals surface area contributed by atoms with Crippen molar-refractivity contribution >= 4 is 5.91 Å². The van der Waals surface area contributed by atoms with Crippen LogP contribution in [0.2, 0.25) is 0 Å². The van der Waals surface area contributed by atoms with E-state index in [1.165, 1.54) is 6.92 Å². The smallest absolute Gasteiger partial charge is 0.248 e. The standard InChI is InChI=1S/C9H17NO3/c1-6(8-3-4-13-5-8)10-9(12)7(2)11/h6-8,11H,3-5H2,1-2H3,(H,10,12)/t6?,7-,8?/m0/s1. The first-order valence-electron chi connectivity index (χ1n) is 4.67. The van der Waals surface area contributed by atoms with Gasteiger partial charge in [-0.25, -0.2) is 0 Å². The van der Waals surface area contributed by atoms with Crippen molar-refractivity contribution in [2.45, 2.75) is 32.4 Å². The highest BCUT2D eigenvalue weighted by molar-refractivity contribution is 5.80. The molecule has 0 aliphatic carbocycles. The number of rotatable bonds is 3. The number of aliphatic hydroxyl groups excluding tert-OH is 1. The molecule has 1 saturated heterocycles. The average Bonchev–Trinajstić information content (AvgIpc) is 2.55. The fourth-order valence-electron chi connectivity index (χ4n) is 1.41. The van der Waals surface area contributed by atoms with Gasteiger partial charge in [0.1, 0.15) is 6.10 Å². The number of hydrogen-bond acceptors (Lipinski definition) is 3. The molecule has 0 bridgehead atoms. The molecular weight excluding hydrogens is 170 g/mol. The molecule has 76 valence electrons. The zero-order valence-electron chi connectivity index (χ0n) is 8.12. The van der Waals surface area contributed by atoms with Crippen LogP contribution in [0.1, 0.15) is 20.3 Å². The number of nitrogens with one attached hydrogen (secondary N) is 1. The summed E-state index contributed by atoms with van der Waals surface area (Å²) < 4.78 is 5.21. The third-order valence-corrected chi connectivity index (χ3v) is 2.42. The summed E-state index contributed by atoms with van der Waals surface area (Å²) in [6.07, 6.45) is 0.0612. The number of carbonyl (C=O) groups is 1. The van der Waals surface area contributed by atoms with Crippen LogP contribution in [0.5, 0.6) is 0 Å². The Hall–Kier alpha value is -0.610. The van der Waals surface area contributed by atoms with Crippen LogP contribution in [0.15, 0.2) is 0 Å². The second-order valence-electron chi connectivity index (χ2n) is 3.60. The zero-order chi connectivity index (χ0) is 9.84. The van der Waals surface area contributed by atoms with E-state index in [1.807, 2.05) is 6.92 Å². The summed E-state index contributed by atoms with van der Waals surface area (Å²) in [7, 11) is 0. The molecule has 1 aliphatic rings. The van der Waals surface area contributed by atoms with Crippen molar-refractivity contribution in [2.75, 3.05) is 13.2 Å². The van der Waals surface area contributed by atoms with Gasteiger partial charge in [-0.05, 0) is 20.3 Å². The van der Waals surface area contributed by atoms with E-state index in [0.717, 1.165) is 13.0 Å². The summed E-state index contributed by atoms with van der Waals surface area (Å²) in [6.45, 7) is 4.90. The normalized spacial score (nSPS) is 26.8. The van der Waals surface area contributed by atoms with Crippen molar-refractivity contribution in [1.29, 1.82) is 0 Å². The van der Waals surface area contributed by atoms with Gasteiger partial charge in [0.2, 0.25) is 5.91 Å². The molecule has 4 heteroatoms. The first kappa shape index (κ1) is 10.5. The predicted molar refractivity (Wildman–Crippen MR) is 48.2 cm³/mol. The Kier molecular flexibility index (Phi) is 3.69. The largest absolute Gasteiger partial charge is 0.384 e. The summed E-state index contributed by atoms with van der Waals surface area (Å²) in [5, 5.41) is 11.7. The Morgan fingerprint density at radius 2 is 2.31 bits per heavy atom. The van der Waals surface area contributed by atoms with Gasteiger partial charge in [-0.2, -0.15) is 0 Å². The number of ether oxygens (including phenoxy) is 1. The van der Waals surface area contributed by atoms with Gasteiger partial charge in [0.25, 0.3) is 0 Å². The van der Waals surface area contributed by atoms with Gasteiger partial charge in [-0.1, -0.05) is 0 Å². The van der Waals surface area contributed by atoms with Crippen LogP contribution in [-0.2, 0) is 9.53 Å². The summed E-state index contributed by atoms with van der Waals surface area (Å²) in [5.41, 5.74) is 0. The topological polar surface area (TPSA) is 58.6 Å². The highest BCUT2D eigenvalue weighted by Crippen LogP contribution is 2.16. The molecule has 1 fully saturated rings. The molecule has 2 N–H and O–H groups in total. The molecule has 0 saturated carbocycles. The lowest BCUT2D eigenvalue weighted by Gasteiger charge is -2.19. The first-order chi connectivity index (χ1) is 6.11. The van der Waals surface area contributed by atoms with Gasteiger partial charge in [0.05, 0.1) is 6.61 Å². The minimum Gasteiger partial charge on any atom is -0.384 e. The fraction of sp³-hybridized carbons (Fsp3) is 0.889. The molecule has 1 rings (SSSR count). The van der Waals surface area contributed by atoms with Gasteiger partial charge in [0.15, 0.2) is 0 Å². The first-order valence-corrected chi connectivity index (χ1v) is 4.67. The molecule has 1 aliphatic heterocycles. The van der Waals surface area contributed by atoms with E-state index in [9.17, 15) is 4.79 Å². The lowest BCUT2D eigenvalue weighted by Crippen LogP contribution is -2.42. The molecule has 1 amide bonds. The molecule has 1 heterocycles. The van der Waals surface area contributed by atoms with Crippen molar-refractivity contribution in [3.05, 3.63) is 0 Å². The monoisotopic (exact) mass is 187 g/mol. The van der Waals surface area contributed by atoms with Crippen LogP contribution in [0.4, 0.5) is 0 Å². The van der Waals surface area contributed by atoms with E-state index in [4.69, 9.17) is 9.84 Å². The zero-order valence-corrected chi connectivity index (χ0v) is 8.12. The molecular formula is C9H17NO3. The minimum atomic E-state index is -0.926. The van der Waals surface area contributed by atoms with E-state index in [0.29, 0.717) is 12.5 Å². The molecule has 0 aromatic heterocycles. The molecule has 13 heavy (non-hydrogen) atoms. The summed E-state index contributed by atoms with van der Waals surface area (Å²) in [4.78, 5) is 11.1. The van der Waals surface area contributed by atoms with E-state index in [-0.39, 0.29) is 11.9 Å². The Labute approximate surface area is 78.3 Å². The maximum atomic E-state index is 11.1. The number of hydrogen-bond donors (Lipinski definition) is 2. The van der Waals surface area contributed by atoms with E-state index in [1.54, 1.807) is 0 Å². The summed E-state index contributed by atoms with van der Waals surface area (Å²) in [5.74, 6) is 0.0853. The number of amides is 1. The minimum absolute atomic E-state index is 0.0876. The van der Waals surface area contributed by atoms with Gasteiger partial charge in [0, 0.05) is 18.6 Å². The van der Waals surface area contributed by atoms with Crippen LogP contribution in [-0.4, -0.2) is 36.4 Å². The predicted octanol–water partition coefficient (Wildman–Crippen LogP) is -0.0916. The van der Waals surface area contributed by atoms with Crippen LogP contribution >= 0.6 is 0 Å². The van der Waals surface area contributed by atoms with Gasteiger partial charge in [-0.3, -0.25) is 4.79 Å². The summed E-state index contributed by atoms with van der Waals surface area (Å²) in [6, 6.07) is 0.0876. The second kappa shape index (κ2) is 4.58. The van der Waals surface area contributed by atoms with Crippen molar-refractivity contribution in [3.63, 3.8) is 0 Å². The Bertz CT molecular complexity index is 176. The summed E-state index contributed by atoms with van der Waals surface area (Å²) >= 11 is 0. The fourth-order valence-corrected chi connectivity index (χ4v) is 1.41. The lowest BCUT2D eigenvalue weighted by atomic mass is 10.0. The van der Waals surface area contributed by atoms with Crippen LogP contribution in [0, 0.1) is 5.92 Å². The maximum Gasteiger partial charge on any atom is 0.248 e. The average molecular weight is 187 g/mol. The molecule has 0 spiro atoms. The van der Waals surface area contributed by atoms with Crippen molar-refractivity contribution in [3.8, 4) is 0 Å². The van der Waals surface area contributed by atoms with Gasteiger partial charge >= 0.3 is 0 Å². The van der Waals surface area contributed by atoms with E-state index in [2.05, 4.69) is 5.32 Å². The van der Waals surface area contributed by atoms with Crippen molar-refractivity contribution in [2.24, 2.45) is 5.92 Å². The van der Waals surface area contributed by atoms with Crippen molar-refractivity contribution < 1.29 is 14.6 Å². The highest BCUT2D eigenvalue weighted by Gasteiger charge is 2.24.